The first-order valence-corrected chi connectivity index (χ1v) is 3.49. The zero-order valence-corrected chi connectivity index (χ0v) is 6.73. The number of hydrogen-bond donors (Lipinski definition) is 0. The molecule has 0 saturated carbocycles. The molecule has 2 radical (unpaired) electrons. The number of hydrogen-bond acceptors (Lipinski definition) is 0. The van der Waals surface area contributed by atoms with E-state index < -0.39 is 0 Å². The number of aryl methyl sites for hydroxylation is 1. The lowest BCUT2D eigenvalue weighted by Gasteiger charge is -2.12. The van der Waals surface area contributed by atoms with E-state index in [2.05, 4.69) is 36.2 Å². The lowest BCUT2D eigenvalue weighted by Crippen LogP contribution is -2.07. The highest BCUT2D eigenvalue weighted by Crippen LogP contribution is 1.99. The summed E-state index contributed by atoms with van der Waals surface area (Å²) in [6.07, 6.45) is 0. The number of benzene rings is 1. The van der Waals surface area contributed by atoms with E-state index >= 15 is 0 Å². The highest BCUT2D eigenvalue weighted by atomic mass is 28.1. The summed E-state index contributed by atoms with van der Waals surface area (Å²) in [6, 6.07) is 6.21. The van der Waals surface area contributed by atoms with E-state index in [4.69, 9.17) is 0 Å². The molecule has 1 aromatic carbocycles. The maximum absolute atomic E-state index is 3.49. The molecule has 0 heterocycles. The first kappa shape index (κ1) is 6.56. The molecule has 0 unspecified atom stereocenters. The van der Waals surface area contributed by atoms with Gasteiger partial charge < -0.3 is 10.2 Å². The van der Waals surface area contributed by atoms with Crippen LogP contribution in [0.25, 0.3) is 0 Å². The van der Waals surface area contributed by atoms with Crippen molar-refractivity contribution >= 4 is 15.4 Å². The Balaban J connectivity index is 3.25. The molecule has 0 fully saturated rings. The van der Waals surface area contributed by atoms with Crippen LogP contribution in [0.15, 0.2) is 18.2 Å². The van der Waals surface area contributed by atoms with Gasteiger partial charge in [0, 0.05) is 0 Å². The fourth-order valence-corrected chi connectivity index (χ4v) is 1.04. The fraction of sp³-hybridized carbons (Fsp3) is 0.250. The SMILES string of the molecule is Cc1cccc([Si-])c1C. The first-order chi connectivity index (χ1) is 4.22. The quantitative estimate of drug-likeness (QED) is 0.465. The summed E-state index contributed by atoms with van der Waals surface area (Å²) in [7, 11) is 3.49. The van der Waals surface area contributed by atoms with Crippen molar-refractivity contribution in [1.82, 2.24) is 0 Å². The van der Waals surface area contributed by atoms with Crippen LogP contribution in [0.4, 0.5) is 0 Å². The first-order valence-electron chi connectivity index (χ1n) is 2.99. The fourth-order valence-electron chi connectivity index (χ4n) is 0.751. The van der Waals surface area contributed by atoms with Gasteiger partial charge in [0.2, 0.25) is 0 Å². The van der Waals surface area contributed by atoms with E-state index in [-0.39, 0.29) is 0 Å². The van der Waals surface area contributed by atoms with E-state index in [9.17, 15) is 0 Å². The van der Waals surface area contributed by atoms with Crippen molar-refractivity contribution in [1.29, 1.82) is 0 Å². The van der Waals surface area contributed by atoms with Gasteiger partial charge in [-0.25, -0.2) is 0 Å². The van der Waals surface area contributed by atoms with Gasteiger partial charge in [-0.2, -0.15) is 0 Å². The van der Waals surface area contributed by atoms with Crippen molar-refractivity contribution in [3.63, 3.8) is 0 Å². The smallest absolute Gasteiger partial charge is 0.0396 e. The molecule has 0 atom stereocenters. The summed E-state index contributed by atoms with van der Waals surface area (Å²) in [6.45, 7) is 4.22. The van der Waals surface area contributed by atoms with Crippen LogP contribution in [0.1, 0.15) is 11.1 Å². The zero-order valence-electron chi connectivity index (χ0n) is 5.73. The van der Waals surface area contributed by atoms with Crippen molar-refractivity contribution < 1.29 is 0 Å². The average Bonchev–Trinajstić information content (AvgIpc) is 1.83. The van der Waals surface area contributed by atoms with Gasteiger partial charge >= 0.3 is 0 Å². The molecule has 0 aromatic heterocycles. The third kappa shape index (κ3) is 1.22. The van der Waals surface area contributed by atoms with E-state index in [0.29, 0.717) is 0 Å². The Morgan fingerprint density at radius 3 is 2.33 bits per heavy atom. The summed E-state index contributed by atoms with van der Waals surface area (Å²) in [5, 5.41) is 1.19. The molecule has 1 aromatic rings. The monoisotopic (exact) mass is 133 g/mol. The zero-order chi connectivity index (χ0) is 6.85. The average molecular weight is 133 g/mol. The van der Waals surface area contributed by atoms with E-state index in [0.717, 1.165) is 0 Å². The largest absolute Gasteiger partial charge is 0.652 e. The molecule has 0 saturated heterocycles. The second-order valence-corrected chi connectivity index (χ2v) is 2.79. The molecule has 0 aliphatic carbocycles. The third-order valence-corrected chi connectivity index (χ3v) is 2.15. The van der Waals surface area contributed by atoms with Gasteiger partial charge in [-0.1, -0.05) is 29.3 Å². The predicted molar refractivity (Wildman–Crippen MR) is 41.3 cm³/mol. The van der Waals surface area contributed by atoms with Crippen molar-refractivity contribution in [2.24, 2.45) is 0 Å². The van der Waals surface area contributed by atoms with Crippen LogP contribution in [-0.4, -0.2) is 10.2 Å². The summed E-state index contributed by atoms with van der Waals surface area (Å²) in [5.74, 6) is 0. The highest BCUT2D eigenvalue weighted by Gasteiger charge is 1.85. The van der Waals surface area contributed by atoms with Crippen molar-refractivity contribution in [2.75, 3.05) is 0 Å². The molecular formula is C8H9Si-. The minimum Gasteiger partial charge on any atom is -0.652 e. The van der Waals surface area contributed by atoms with Crippen molar-refractivity contribution in [3.05, 3.63) is 29.3 Å². The Morgan fingerprint density at radius 2 is 1.89 bits per heavy atom. The molecule has 0 spiro atoms. The highest BCUT2D eigenvalue weighted by molar-refractivity contribution is 6.33. The molecule has 9 heavy (non-hydrogen) atoms. The van der Waals surface area contributed by atoms with Gasteiger partial charge in [-0.3, -0.25) is 5.19 Å². The summed E-state index contributed by atoms with van der Waals surface area (Å²) < 4.78 is 0. The summed E-state index contributed by atoms with van der Waals surface area (Å²) in [4.78, 5) is 0. The van der Waals surface area contributed by atoms with Gasteiger partial charge in [0.1, 0.15) is 0 Å². The molecule has 0 nitrogen and oxygen atoms in total. The van der Waals surface area contributed by atoms with Gasteiger partial charge in [-0.15, -0.1) is 0 Å². The van der Waals surface area contributed by atoms with Crippen LogP contribution in [0.3, 0.4) is 0 Å². The van der Waals surface area contributed by atoms with Crippen LogP contribution in [0, 0.1) is 13.8 Å². The van der Waals surface area contributed by atoms with Gasteiger partial charge in [0.05, 0.1) is 0 Å². The Hall–Kier alpha value is -0.563. The maximum atomic E-state index is 3.49. The molecule has 1 rings (SSSR count). The van der Waals surface area contributed by atoms with Crippen LogP contribution >= 0.6 is 0 Å². The van der Waals surface area contributed by atoms with Gasteiger partial charge in [0.15, 0.2) is 0 Å². The van der Waals surface area contributed by atoms with Crippen LogP contribution in [-0.2, 0) is 0 Å². The lowest BCUT2D eigenvalue weighted by atomic mass is 10.1. The molecule has 0 aliphatic heterocycles. The molecule has 1 heteroatoms. The van der Waals surface area contributed by atoms with Gasteiger partial charge in [0.25, 0.3) is 0 Å². The van der Waals surface area contributed by atoms with E-state index in [1.54, 1.807) is 0 Å². The standard InChI is InChI=1S/C8H9Si/c1-6-4-3-5-8(9)7(6)2/h3-5H,1-2H3/q-1. The van der Waals surface area contributed by atoms with Crippen molar-refractivity contribution in [2.45, 2.75) is 13.8 Å². The van der Waals surface area contributed by atoms with Crippen molar-refractivity contribution in [3.8, 4) is 0 Å². The molecule has 0 aliphatic rings. The second-order valence-electron chi connectivity index (χ2n) is 2.25. The van der Waals surface area contributed by atoms with Crippen LogP contribution in [0.2, 0.25) is 0 Å². The molecule has 0 bridgehead atoms. The van der Waals surface area contributed by atoms with E-state index in [1.165, 1.54) is 16.3 Å². The topological polar surface area (TPSA) is 0 Å². The lowest BCUT2D eigenvalue weighted by molar-refractivity contribution is 1.37. The Morgan fingerprint density at radius 1 is 1.22 bits per heavy atom. The number of rotatable bonds is 0. The van der Waals surface area contributed by atoms with Crippen LogP contribution < -0.4 is 5.19 Å². The van der Waals surface area contributed by atoms with Gasteiger partial charge in [-0.05, 0) is 13.8 Å². The maximum Gasteiger partial charge on any atom is -0.0396 e. The summed E-state index contributed by atoms with van der Waals surface area (Å²) in [5.41, 5.74) is 2.66. The molecule has 46 valence electrons. The van der Waals surface area contributed by atoms with Crippen LogP contribution in [0.5, 0.6) is 0 Å². The minimum absolute atomic E-state index is 1.19. The molecule has 0 N–H and O–H groups in total. The Kier molecular flexibility index (Phi) is 1.72. The Labute approximate surface area is 59.3 Å². The molecular weight excluding hydrogens is 124 g/mol. The third-order valence-electron chi connectivity index (χ3n) is 1.60. The van der Waals surface area contributed by atoms with E-state index in [1.807, 2.05) is 6.07 Å². The predicted octanol–water partition coefficient (Wildman–Crippen LogP) is 1.10. The Bertz CT molecular complexity index is 196. The molecule has 0 amide bonds. The summed E-state index contributed by atoms with van der Waals surface area (Å²) >= 11 is 0. The minimum atomic E-state index is 1.19. The normalized spacial score (nSPS) is 9.56. The second kappa shape index (κ2) is 2.36.